The number of nitrogens with two attached hydrogens (primary N) is 1. The quantitative estimate of drug-likeness (QED) is 0.826. The first-order valence-electron chi connectivity index (χ1n) is 7.40. The SMILES string of the molecule is CCCOCC(C)(N)c1noc(C2Cc3ccccc32)n1. The van der Waals surface area contributed by atoms with Gasteiger partial charge >= 0.3 is 0 Å². The molecule has 1 aliphatic rings. The van der Waals surface area contributed by atoms with Crippen LogP contribution in [0.1, 0.15) is 49.0 Å². The van der Waals surface area contributed by atoms with Crippen LogP contribution >= 0.6 is 0 Å². The number of benzene rings is 1. The molecule has 0 spiro atoms. The van der Waals surface area contributed by atoms with Gasteiger partial charge in [-0.05, 0) is 30.9 Å². The van der Waals surface area contributed by atoms with Crippen molar-refractivity contribution in [2.24, 2.45) is 5.73 Å². The van der Waals surface area contributed by atoms with E-state index in [4.69, 9.17) is 15.0 Å². The van der Waals surface area contributed by atoms with Gasteiger partial charge in [-0.15, -0.1) is 0 Å². The van der Waals surface area contributed by atoms with E-state index in [1.807, 2.05) is 13.0 Å². The van der Waals surface area contributed by atoms with E-state index in [2.05, 4.69) is 35.3 Å². The summed E-state index contributed by atoms with van der Waals surface area (Å²) < 4.78 is 10.9. The molecule has 2 atom stereocenters. The Morgan fingerprint density at radius 1 is 1.43 bits per heavy atom. The molecular formula is C16H21N3O2. The van der Waals surface area contributed by atoms with Gasteiger partial charge in [-0.2, -0.15) is 4.98 Å². The van der Waals surface area contributed by atoms with Gasteiger partial charge < -0.3 is 15.0 Å². The van der Waals surface area contributed by atoms with Crippen LogP contribution in [0, 0.1) is 0 Å². The smallest absolute Gasteiger partial charge is 0.234 e. The predicted molar refractivity (Wildman–Crippen MR) is 78.9 cm³/mol. The molecule has 112 valence electrons. The van der Waals surface area contributed by atoms with Crippen molar-refractivity contribution >= 4 is 0 Å². The average molecular weight is 287 g/mol. The summed E-state index contributed by atoms with van der Waals surface area (Å²) in [5.41, 5.74) is 8.14. The Labute approximate surface area is 124 Å². The zero-order valence-electron chi connectivity index (χ0n) is 12.5. The lowest BCUT2D eigenvalue weighted by atomic mass is 9.77. The number of hydrogen-bond acceptors (Lipinski definition) is 5. The fourth-order valence-electron chi connectivity index (χ4n) is 2.58. The van der Waals surface area contributed by atoms with Crippen molar-refractivity contribution in [2.45, 2.75) is 38.1 Å². The molecule has 2 aromatic rings. The van der Waals surface area contributed by atoms with Crippen molar-refractivity contribution in [2.75, 3.05) is 13.2 Å². The molecule has 1 aromatic carbocycles. The molecule has 1 aromatic heterocycles. The van der Waals surface area contributed by atoms with Gasteiger partial charge in [-0.3, -0.25) is 0 Å². The number of ether oxygens (including phenoxy) is 1. The van der Waals surface area contributed by atoms with Crippen molar-refractivity contribution in [3.05, 3.63) is 47.1 Å². The maximum Gasteiger partial charge on any atom is 0.234 e. The van der Waals surface area contributed by atoms with E-state index in [1.165, 1.54) is 11.1 Å². The summed E-state index contributed by atoms with van der Waals surface area (Å²) in [6, 6.07) is 8.33. The summed E-state index contributed by atoms with van der Waals surface area (Å²) in [7, 11) is 0. The molecule has 0 bridgehead atoms. The molecule has 0 saturated heterocycles. The van der Waals surface area contributed by atoms with Crippen molar-refractivity contribution in [3.63, 3.8) is 0 Å². The van der Waals surface area contributed by atoms with Crippen LogP contribution in [-0.2, 0) is 16.7 Å². The van der Waals surface area contributed by atoms with E-state index in [-0.39, 0.29) is 5.92 Å². The van der Waals surface area contributed by atoms with Crippen LogP contribution < -0.4 is 5.73 Å². The fourth-order valence-corrected chi connectivity index (χ4v) is 2.58. The summed E-state index contributed by atoms with van der Waals surface area (Å²) in [5, 5.41) is 4.05. The molecule has 1 heterocycles. The molecule has 21 heavy (non-hydrogen) atoms. The van der Waals surface area contributed by atoms with Crippen LogP contribution in [0.3, 0.4) is 0 Å². The molecule has 0 saturated carbocycles. The lowest BCUT2D eigenvalue weighted by molar-refractivity contribution is 0.0867. The number of rotatable bonds is 6. The molecule has 2 N–H and O–H groups in total. The molecule has 0 fully saturated rings. The van der Waals surface area contributed by atoms with Gasteiger partial charge in [0, 0.05) is 6.61 Å². The number of nitrogens with zero attached hydrogens (tertiary/aromatic N) is 2. The van der Waals surface area contributed by atoms with Gasteiger partial charge in [0.2, 0.25) is 5.89 Å². The van der Waals surface area contributed by atoms with Gasteiger partial charge in [0.15, 0.2) is 5.82 Å². The normalized spacial score (nSPS) is 19.7. The highest BCUT2D eigenvalue weighted by Gasteiger charge is 2.34. The van der Waals surface area contributed by atoms with E-state index in [0.29, 0.717) is 24.9 Å². The van der Waals surface area contributed by atoms with E-state index < -0.39 is 5.54 Å². The summed E-state index contributed by atoms with van der Waals surface area (Å²) in [6.07, 6.45) is 1.91. The molecule has 2 unspecified atom stereocenters. The van der Waals surface area contributed by atoms with Crippen molar-refractivity contribution < 1.29 is 9.26 Å². The van der Waals surface area contributed by atoms with Gasteiger partial charge in [-0.1, -0.05) is 36.3 Å². The molecule has 5 heteroatoms. The number of hydrogen-bond donors (Lipinski definition) is 1. The maximum absolute atomic E-state index is 6.24. The van der Waals surface area contributed by atoms with Crippen molar-refractivity contribution in [1.82, 2.24) is 10.1 Å². The number of fused-ring (bicyclic) bond motifs is 1. The van der Waals surface area contributed by atoms with Crippen molar-refractivity contribution in [1.29, 1.82) is 0 Å². The third-order valence-electron chi connectivity index (χ3n) is 3.86. The molecule has 3 rings (SSSR count). The van der Waals surface area contributed by atoms with Gasteiger partial charge in [0.05, 0.1) is 12.5 Å². The predicted octanol–water partition coefficient (Wildman–Crippen LogP) is 2.36. The first kappa shape index (κ1) is 14.2. The minimum absolute atomic E-state index is 0.204. The minimum atomic E-state index is -0.722. The lowest BCUT2D eigenvalue weighted by Crippen LogP contribution is -2.39. The van der Waals surface area contributed by atoms with E-state index in [0.717, 1.165) is 12.8 Å². The molecule has 0 aliphatic heterocycles. The Hall–Kier alpha value is -1.72. The Bertz CT molecular complexity index is 621. The van der Waals surface area contributed by atoms with Crippen LogP contribution in [0.25, 0.3) is 0 Å². The van der Waals surface area contributed by atoms with E-state index >= 15 is 0 Å². The van der Waals surface area contributed by atoms with Crippen molar-refractivity contribution in [3.8, 4) is 0 Å². The highest BCUT2D eigenvalue weighted by molar-refractivity contribution is 5.43. The summed E-state index contributed by atoms with van der Waals surface area (Å²) in [5.74, 6) is 1.36. The minimum Gasteiger partial charge on any atom is -0.379 e. The maximum atomic E-state index is 6.24. The monoisotopic (exact) mass is 287 g/mol. The Morgan fingerprint density at radius 3 is 3.00 bits per heavy atom. The van der Waals surface area contributed by atoms with E-state index in [9.17, 15) is 0 Å². The zero-order valence-corrected chi connectivity index (χ0v) is 12.5. The largest absolute Gasteiger partial charge is 0.379 e. The summed E-state index contributed by atoms with van der Waals surface area (Å²) in [6.45, 7) is 5.01. The molecule has 0 radical (unpaired) electrons. The second-order valence-electron chi connectivity index (χ2n) is 5.88. The topological polar surface area (TPSA) is 74.2 Å². The van der Waals surface area contributed by atoms with Gasteiger partial charge in [-0.25, -0.2) is 0 Å². The molecular weight excluding hydrogens is 266 g/mol. The average Bonchev–Trinajstić information content (AvgIpc) is 2.90. The first-order chi connectivity index (χ1) is 10.1. The Balaban J connectivity index is 1.73. The van der Waals surface area contributed by atoms with Crippen LogP contribution in [0.4, 0.5) is 0 Å². The second-order valence-corrected chi connectivity index (χ2v) is 5.88. The third kappa shape index (κ3) is 2.71. The fraction of sp³-hybridized carbons (Fsp3) is 0.500. The second kappa shape index (κ2) is 5.58. The van der Waals surface area contributed by atoms with Crippen LogP contribution in [0.15, 0.2) is 28.8 Å². The highest BCUT2D eigenvalue weighted by atomic mass is 16.5. The highest BCUT2D eigenvalue weighted by Crippen LogP contribution is 2.39. The van der Waals surface area contributed by atoms with Crippen LogP contribution in [-0.4, -0.2) is 23.4 Å². The van der Waals surface area contributed by atoms with Crippen LogP contribution in [0.5, 0.6) is 0 Å². The summed E-state index contributed by atoms with van der Waals surface area (Å²) >= 11 is 0. The van der Waals surface area contributed by atoms with Gasteiger partial charge in [0.1, 0.15) is 5.54 Å². The molecule has 1 aliphatic carbocycles. The van der Waals surface area contributed by atoms with E-state index in [1.54, 1.807) is 0 Å². The molecule has 0 amide bonds. The summed E-state index contributed by atoms with van der Waals surface area (Å²) in [4.78, 5) is 4.50. The van der Waals surface area contributed by atoms with Gasteiger partial charge in [0.25, 0.3) is 0 Å². The zero-order chi connectivity index (χ0) is 14.9. The Kier molecular flexibility index (Phi) is 3.78. The standard InChI is InChI=1S/C16H21N3O2/c1-3-8-20-10-16(2,17)15-18-14(21-19-15)13-9-11-6-4-5-7-12(11)13/h4-7,13H,3,8-10,17H2,1-2H3. The van der Waals surface area contributed by atoms with Crippen LogP contribution in [0.2, 0.25) is 0 Å². The number of aromatic nitrogens is 2. The Morgan fingerprint density at radius 2 is 2.24 bits per heavy atom. The molecule has 5 nitrogen and oxygen atoms in total. The lowest BCUT2D eigenvalue weighted by Gasteiger charge is -2.26. The first-order valence-corrected chi connectivity index (χ1v) is 7.40. The third-order valence-corrected chi connectivity index (χ3v) is 3.86.